The number of nitrogens with zero attached hydrogens (tertiary/aromatic N) is 2. The smallest absolute Gasteiger partial charge is 0.338 e. The van der Waals surface area contributed by atoms with Crippen LogP contribution in [0.5, 0.6) is 17.2 Å². The van der Waals surface area contributed by atoms with Gasteiger partial charge in [-0.2, -0.15) is 0 Å². The van der Waals surface area contributed by atoms with E-state index in [2.05, 4.69) is 0 Å². The van der Waals surface area contributed by atoms with Gasteiger partial charge < -0.3 is 18.9 Å². The molecule has 0 unspecified atom stereocenters. The fourth-order valence-electron chi connectivity index (χ4n) is 5.42. The number of carbonyl (C=O) groups is 1. The van der Waals surface area contributed by atoms with Gasteiger partial charge in [0.15, 0.2) is 16.3 Å². The van der Waals surface area contributed by atoms with E-state index in [1.807, 2.05) is 60.7 Å². The maximum Gasteiger partial charge on any atom is 0.338 e. The van der Waals surface area contributed by atoms with E-state index in [0.717, 1.165) is 11.1 Å². The molecule has 0 radical (unpaired) electrons. The van der Waals surface area contributed by atoms with Gasteiger partial charge in [-0.15, -0.1) is 0 Å². The Bertz CT molecular complexity index is 2190. The van der Waals surface area contributed by atoms with Gasteiger partial charge in [-0.05, 0) is 54.5 Å². The Kier molecular flexibility index (Phi) is 10.0. The Morgan fingerprint density at radius 3 is 2.35 bits per heavy atom. The molecule has 1 aliphatic heterocycles. The highest BCUT2D eigenvalue weighted by Gasteiger charge is 2.35. The van der Waals surface area contributed by atoms with Crippen LogP contribution in [-0.2, 0) is 16.1 Å². The van der Waals surface area contributed by atoms with E-state index < -0.39 is 12.0 Å². The van der Waals surface area contributed by atoms with Crippen LogP contribution in [0.25, 0.3) is 11.8 Å². The topological polar surface area (TPSA) is 88.4 Å². The Morgan fingerprint density at radius 1 is 0.938 bits per heavy atom. The molecular formula is C37H30Cl2N2O6S. The molecule has 8 nitrogen and oxygen atoms in total. The second-order valence-corrected chi connectivity index (χ2v) is 12.4. The minimum absolute atomic E-state index is 0.158. The average molecular weight is 702 g/mol. The molecule has 0 aliphatic carbocycles. The molecule has 0 spiro atoms. The van der Waals surface area contributed by atoms with E-state index in [-0.39, 0.29) is 24.3 Å². The van der Waals surface area contributed by atoms with Crippen molar-refractivity contribution in [1.82, 2.24) is 4.57 Å². The fraction of sp³-hybridized carbons (Fsp3) is 0.162. The SMILES string of the molecule is CCOC(=O)C1=C(c2ccccc2)N=c2s/c(=C\c3cc(Cl)c(OCc4ccccc4Cl)c(OC)c3)c(=O)n2[C@@H]1c1ccc(OC)cc1. The summed E-state index contributed by atoms with van der Waals surface area (Å²) in [5.41, 5.74) is 3.19. The number of halogens is 2. The number of methoxy groups -OCH3 is 2. The first-order chi connectivity index (χ1) is 23.3. The quantitative estimate of drug-likeness (QED) is 0.148. The molecule has 0 fully saturated rings. The molecule has 0 bridgehead atoms. The number of hydrogen-bond acceptors (Lipinski definition) is 8. The minimum atomic E-state index is -0.817. The van der Waals surface area contributed by atoms with Gasteiger partial charge in [0, 0.05) is 16.1 Å². The molecule has 0 saturated heterocycles. The van der Waals surface area contributed by atoms with Gasteiger partial charge in [-0.3, -0.25) is 9.36 Å². The molecule has 1 atom stereocenters. The van der Waals surface area contributed by atoms with Crippen molar-refractivity contribution in [3.05, 3.63) is 149 Å². The Morgan fingerprint density at radius 2 is 1.67 bits per heavy atom. The molecule has 1 aromatic heterocycles. The largest absolute Gasteiger partial charge is 0.497 e. The third-order valence-electron chi connectivity index (χ3n) is 7.68. The van der Waals surface area contributed by atoms with Crippen molar-refractivity contribution in [3.8, 4) is 17.2 Å². The number of aromatic nitrogens is 1. The average Bonchev–Trinajstić information content (AvgIpc) is 3.41. The number of ether oxygens (including phenoxy) is 4. The standard InChI is InChI=1S/C37H30Cl2N2O6S/c1-4-46-36(43)31-32(23-10-6-5-7-11-23)40-37-41(33(31)24-14-16-26(44-2)17-15-24)35(42)30(48-37)20-22-18-28(39)34(29(19-22)45-3)47-21-25-12-8-9-13-27(25)38/h5-20,33H,4,21H2,1-3H3/b30-20-/t33-/m1/s1. The zero-order valence-corrected chi connectivity index (χ0v) is 28.6. The predicted octanol–water partition coefficient (Wildman–Crippen LogP) is 6.84. The van der Waals surface area contributed by atoms with Crippen LogP contribution in [0.3, 0.4) is 0 Å². The van der Waals surface area contributed by atoms with Crippen molar-refractivity contribution in [2.75, 3.05) is 20.8 Å². The molecule has 0 saturated carbocycles. The number of rotatable bonds is 10. The summed E-state index contributed by atoms with van der Waals surface area (Å²) in [5, 5.41) is 0.876. The van der Waals surface area contributed by atoms with E-state index in [9.17, 15) is 9.59 Å². The van der Waals surface area contributed by atoms with Crippen molar-refractivity contribution < 1.29 is 23.7 Å². The lowest BCUT2D eigenvalue weighted by atomic mass is 9.93. The van der Waals surface area contributed by atoms with Crippen LogP contribution in [0.2, 0.25) is 10.0 Å². The summed E-state index contributed by atoms with van der Waals surface area (Å²) in [6.07, 6.45) is 1.72. The highest BCUT2D eigenvalue weighted by Crippen LogP contribution is 2.38. The summed E-state index contributed by atoms with van der Waals surface area (Å²) in [5.74, 6) is 0.824. The van der Waals surface area contributed by atoms with E-state index >= 15 is 0 Å². The monoisotopic (exact) mass is 700 g/mol. The summed E-state index contributed by atoms with van der Waals surface area (Å²) in [7, 11) is 3.09. The second-order valence-electron chi connectivity index (χ2n) is 10.6. The number of esters is 1. The molecule has 4 aromatic carbocycles. The van der Waals surface area contributed by atoms with E-state index in [1.165, 1.54) is 23.0 Å². The molecule has 5 aromatic rings. The van der Waals surface area contributed by atoms with Crippen molar-refractivity contribution in [2.45, 2.75) is 19.6 Å². The number of thiazole rings is 1. The fourth-order valence-corrected chi connectivity index (χ4v) is 6.89. The van der Waals surface area contributed by atoms with Crippen molar-refractivity contribution in [1.29, 1.82) is 0 Å². The molecule has 0 amide bonds. The minimum Gasteiger partial charge on any atom is -0.497 e. The van der Waals surface area contributed by atoms with Gasteiger partial charge in [0.2, 0.25) is 0 Å². The highest BCUT2D eigenvalue weighted by atomic mass is 35.5. The lowest BCUT2D eigenvalue weighted by Crippen LogP contribution is -2.40. The molecule has 1 aliphatic rings. The third kappa shape index (κ3) is 6.62. The summed E-state index contributed by atoms with van der Waals surface area (Å²) in [6, 6.07) is 26.6. The van der Waals surface area contributed by atoms with Gasteiger partial charge in [0.1, 0.15) is 12.4 Å². The maximum absolute atomic E-state index is 14.3. The number of benzene rings is 4. The summed E-state index contributed by atoms with van der Waals surface area (Å²) < 4.78 is 24.5. The first kappa shape index (κ1) is 33.1. The van der Waals surface area contributed by atoms with Crippen LogP contribution in [0.1, 0.15) is 35.2 Å². The predicted molar refractivity (Wildman–Crippen MR) is 188 cm³/mol. The summed E-state index contributed by atoms with van der Waals surface area (Å²) in [4.78, 5) is 33.3. The first-order valence-electron chi connectivity index (χ1n) is 15.0. The third-order valence-corrected chi connectivity index (χ3v) is 9.32. The molecule has 48 heavy (non-hydrogen) atoms. The van der Waals surface area contributed by atoms with Gasteiger partial charge in [-0.25, -0.2) is 9.79 Å². The van der Waals surface area contributed by atoms with Gasteiger partial charge in [0.25, 0.3) is 5.56 Å². The van der Waals surface area contributed by atoms with Gasteiger partial charge in [0.05, 0.1) is 47.7 Å². The van der Waals surface area contributed by atoms with Crippen molar-refractivity contribution in [3.63, 3.8) is 0 Å². The zero-order valence-electron chi connectivity index (χ0n) is 26.2. The molecule has 11 heteroatoms. The zero-order chi connectivity index (χ0) is 33.8. The number of fused-ring (bicyclic) bond motifs is 1. The molecule has 244 valence electrons. The van der Waals surface area contributed by atoms with E-state index in [4.69, 9.17) is 47.1 Å². The van der Waals surface area contributed by atoms with Crippen LogP contribution in [0.15, 0.2) is 106 Å². The molecule has 6 rings (SSSR count). The van der Waals surface area contributed by atoms with E-state index in [1.54, 1.807) is 50.4 Å². The lowest BCUT2D eigenvalue weighted by molar-refractivity contribution is -0.138. The van der Waals surface area contributed by atoms with Gasteiger partial charge in [-0.1, -0.05) is 95.2 Å². The van der Waals surface area contributed by atoms with Crippen LogP contribution >= 0.6 is 34.5 Å². The normalized spacial score (nSPS) is 14.3. The van der Waals surface area contributed by atoms with Crippen molar-refractivity contribution >= 4 is 52.3 Å². The van der Waals surface area contributed by atoms with Crippen LogP contribution in [0, 0.1) is 0 Å². The van der Waals surface area contributed by atoms with Crippen molar-refractivity contribution in [2.24, 2.45) is 4.99 Å². The molecular weight excluding hydrogens is 671 g/mol. The number of carbonyl (C=O) groups excluding carboxylic acids is 1. The number of hydrogen-bond donors (Lipinski definition) is 0. The lowest BCUT2D eigenvalue weighted by Gasteiger charge is -2.26. The van der Waals surface area contributed by atoms with Crippen LogP contribution in [-0.4, -0.2) is 31.4 Å². The summed E-state index contributed by atoms with van der Waals surface area (Å²) in [6.45, 7) is 2.08. The maximum atomic E-state index is 14.3. The highest BCUT2D eigenvalue weighted by molar-refractivity contribution is 7.07. The van der Waals surface area contributed by atoms with Crippen LogP contribution < -0.4 is 29.1 Å². The Balaban J connectivity index is 1.50. The second kappa shape index (κ2) is 14.5. The Hall–Kier alpha value is -4.83. The first-order valence-corrected chi connectivity index (χ1v) is 16.6. The molecule has 0 N–H and O–H groups in total. The van der Waals surface area contributed by atoms with E-state index in [0.29, 0.717) is 53.5 Å². The Labute approximate surface area is 290 Å². The van der Waals surface area contributed by atoms with Gasteiger partial charge >= 0.3 is 5.97 Å². The van der Waals surface area contributed by atoms with Crippen LogP contribution in [0.4, 0.5) is 0 Å². The summed E-state index contributed by atoms with van der Waals surface area (Å²) >= 11 is 14.2. The molecule has 2 heterocycles.